The van der Waals surface area contributed by atoms with Crippen LogP contribution >= 0.6 is 0 Å². The summed E-state index contributed by atoms with van der Waals surface area (Å²) >= 11 is 0. The predicted octanol–water partition coefficient (Wildman–Crippen LogP) is 1.14. The number of rotatable bonds is 4. The highest BCUT2D eigenvalue weighted by atomic mass is 15.2. The van der Waals surface area contributed by atoms with E-state index in [4.69, 9.17) is 5.73 Å². The Bertz CT molecular complexity index is 170. The zero-order chi connectivity index (χ0) is 11.3. The van der Waals surface area contributed by atoms with Crippen molar-refractivity contribution >= 4 is 0 Å². The molecule has 90 valence electrons. The molecule has 0 spiro atoms. The van der Waals surface area contributed by atoms with Crippen molar-refractivity contribution < 1.29 is 0 Å². The Morgan fingerprint density at radius 3 is 2.80 bits per heavy atom. The largest absolute Gasteiger partial charge is 0.328 e. The fourth-order valence-electron chi connectivity index (χ4n) is 2.37. The Morgan fingerprint density at radius 2 is 2.13 bits per heavy atom. The van der Waals surface area contributed by atoms with Crippen LogP contribution in [0.5, 0.6) is 0 Å². The Morgan fingerprint density at radius 1 is 1.40 bits per heavy atom. The number of hydrogen-bond donors (Lipinski definition) is 1. The molecule has 3 heteroatoms. The fourth-order valence-corrected chi connectivity index (χ4v) is 2.37. The van der Waals surface area contributed by atoms with Gasteiger partial charge in [0.15, 0.2) is 0 Å². The second kappa shape index (κ2) is 6.46. The average Bonchev–Trinajstić information content (AvgIpc) is 2.28. The highest BCUT2D eigenvalue weighted by Gasteiger charge is 2.18. The van der Waals surface area contributed by atoms with Gasteiger partial charge < -0.3 is 10.6 Å². The van der Waals surface area contributed by atoms with Crippen LogP contribution in [0.15, 0.2) is 0 Å². The van der Waals surface area contributed by atoms with Gasteiger partial charge in [-0.1, -0.05) is 0 Å². The monoisotopic (exact) mass is 213 g/mol. The molecular weight excluding hydrogens is 186 g/mol. The SMILES string of the molecule is CC(N)CCCN1CCCN(C)CC1C. The maximum atomic E-state index is 5.77. The Balaban J connectivity index is 2.26. The van der Waals surface area contributed by atoms with Crippen molar-refractivity contribution in [3.05, 3.63) is 0 Å². The molecule has 1 rings (SSSR count). The quantitative estimate of drug-likeness (QED) is 0.760. The standard InChI is InChI=1S/C12H27N3/c1-11(13)6-4-8-15-9-5-7-14(3)10-12(15)2/h11-12H,4-10,13H2,1-3H3. The first kappa shape index (κ1) is 12.9. The van der Waals surface area contributed by atoms with Gasteiger partial charge in [0, 0.05) is 18.6 Å². The molecule has 1 fully saturated rings. The van der Waals surface area contributed by atoms with E-state index in [1.165, 1.54) is 39.0 Å². The van der Waals surface area contributed by atoms with Gasteiger partial charge in [-0.2, -0.15) is 0 Å². The van der Waals surface area contributed by atoms with Crippen LogP contribution in [-0.4, -0.2) is 55.1 Å². The summed E-state index contributed by atoms with van der Waals surface area (Å²) in [5.74, 6) is 0. The van der Waals surface area contributed by atoms with Crippen molar-refractivity contribution in [1.29, 1.82) is 0 Å². The Labute approximate surface area is 94.6 Å². The zero-order valence-corrected chi connectivity index (χ0v) is 10.6. The van der Waals surface area contributed by atoms with Gasteiger partial charge in [0.1, 0.15) is 0 Å². The van der Waals surface area contributed by atoms with E-state index in [0.717, 1.165) is 6.42 Å². The maximum absolute atomic E-state index is 5.77. The van der Waals surface area contributed by atoms with Gasteiger partial charge in [0.05, 0.1) is 0 Å². The Kier molecular flexibility index (Phi) is 5.58. The molecule has 0 aromatic heterocycles. The lowest BCUT2D eigenvalue weighted by atomic mass is 10.1. The zero-order valence-electron chi connectivity index (χ0n) is 10.6. The second-order valence-corrected chi connectivity index (χ2v) is 5.12. The molecule has 3 nitrogen and oxygen atoms in total. The van der Waals surface area contributed by atoms with Crippen molar-refractivity contribution in [1.82, 2.24) is 9.80 Å². The number of nitrogens with two attached hydrogens (primary N) is 1. The van der Waals surface area contributed by atoms with Gasteiger partial charge in [0.25, 0.3) is 0 Å². The number of hydrogen-bond acceptors (Lipinski definition) is 3. The minimum atomic E-state index is 0.356. The molecule has 2 N–H and O–H groups in total. The van der Waals surface area contributed by atoms with Crippen LogP contribution in [-0.2, 0) is 0 Å². The highest BCUT2D eigenvalue weighted by Crippen LogP contribution is 2.09. The first-order valence-corrected chi connectivity index (χ1v) is 6.27. The molecule has 2 atom stereocenters. The molecule has 0 radical (unpaired) electrons. The Hall–Kier alpha value is -0.120. The molecule has 0 bridgehead atoms. The third kappa shape index (κ3) is 4.96. The molecule has 0 aliphatic carbocycles. The van der Waals surface area contributed by atoms with Gasteiger partial charge >= 0.3 is 0 Å². The minimum absolute atomic E-state index is 0.356. The van der Waals surface area contributed by atoms with Crippen LogP contribution < -0.4 is 5.73 Å². The average molecular weight is 213 g/mol. The summed E-state index contributed by atoms with van der Waals surface area (Å²) in [5.41, 5.74) is 5.77. The molecular formula is C12H27N3. The van der Waals surface area contributed by atoms with Crippen LogP contribution in [0, 0.1) is 0 Å². The smallest absolute Gasteiger partial charge is 0.0194 e. The van der Waals surface area contributed by atoms with Crippen molar-refractivity contribution in [2.24, 2.45) is 5.73 Å². The van der Waals surface area contributed by atoms with E-state index in [9.17, 15) is 0 Å². The molecule has 1 aliphatic heterocycles. The lowest BCUT2D eigenvalue weighted by Crippen LogP contribution is -2.38. The summed E-state index contributed by atoms with van der Waals surface area (Å²) in [6.07, 6.45) is 3.70. The molecule has 1 saturated heterocycles. The van der Waals surface area contributed by atoms with E-state index in [2.05, 4.69) is 30.7 Å². The summed E-state index contributed by atoms with van der Waals surface area (Å²) in [6.45, 7) is 9.36. The first-order valence-electron chi connectivity index (χ1n) is 6.27. The number of likely N-dealkylation sites (N-methyl/N-ethyl adjacent to an activating group) is 1. The van der Waals surface area contributed by atoms with Crippen LogP contribution in [0.1, 0.15) is 33.1 Å². The van der Waals surface area contributed by atoms with E-state index in [-0.39, 0.29) is 0 Å². The van der Waals surface area contributed by atoms with Crippen LogP contribution in [0.4, 0.5) is 0 Å². The molecule has 15 heavy (non-hydrogen) atoms. The summed E-state index contributed by atoms with van der Waals surface area (Å²) in [5, 5.41) is 0. The molecule has 1 heterocycles. The van der Waals surface area contributed by atoms with E-state index < -0.39 is 0 Å². The molecule has 0 amide bonds. The van der Waals surface area contributed by atoms with Crippen molar-refractivity contribution in [3.8, 4) is 0 Å². The van der Waals surface area contributed by atoms with E-state index in [1.807, 2.05) is 0 Å². The lowest BCUT2D eigenvalue weighted by Gasteiger charge is -2.28. The molecule has 0 saturated carbocycles. The molecule has 2 unspecified atom stereocenters. The normalized spacial score (nSPS) is 27.6. The fraction of sp³-hybridized carbons (Fsp3) is 1.00. The molecule has 0 aromatic rings. The van der Waals surface area contributed by atoms with Crippen LogP contribution in [0.25, 0.3) is 0 Å². The third-order valence-electron chi connectivity index (χ3n) is 3.29. The first-order chi connectivity index (χ1) is 7.09. The lowest BCUT2D eigenvalue weighted by molar-refractivity contribution is 0.198. The van der Waals surface area contributed by atoms with Crippen molar-refractivity contribution in [3.63, 3.8) is 0 Å². The topological polar surface area (TPSA) is 32.5 Å². The predicted molar refractivity (Wildman–Crippen MR) is 66.0 cm³/mol. The van der Waals surface area contributed by atoms with Gasteiger partial charge in [0.2, 0.25) is 0 Å². The summed E-state index contributed by atoms with van der Waals surface area (Å²) in [4.78, 5) is 5.06. The van der Waals surface area contributed by atoms with Gasteiger partial charge in [-0.15, -0.1) is 0 Å². The molecule has 0 aromatic carbocycles. The van der Waals surface area contributed by atoms with Gasteiger partial charge in [-0.25, -0.2) is 0 Å². The number of nitrogens with zero attached hydrogens (tertiary/aromatic N) is 2. The van der Waals surface area contributed by atoms with Crippen molar-refractivity contribution in [2.45, 2.75) is 45.2 Å². The van der Waals surface area contributed by atoms with Crippen molar-refractivity contribution in [2.75, 3.05) is 33.2 Å². The highest BCUT2D eigenvalue weighted by molar-refractivity contribution is 4.75. The second-order valence-electron chi connectivity index (χ2n) is 5.12. The van der Waals surface area contributed by atoms with E-state index in [0.29, 0.717) is 12.1 Å². The van der Waals surface area contributed by atoms with Gasteiger partial charge in [-0.3, -0.25) is 4.90 Å². The summed E-state index contributed by atoms with van der Waals surface area (Å²) < 4.78 is 0. The summed E-state index contributed by atoms with van der Waals surface area (Å²) in [7, 11) is 2.22. The minimum Gasteiger partial charge on any atom is -0.328 e. The van der Waals surface area contributed by atoms with Crippen LogP contribution in [0.2, 0.25) is 0 Å². The maximum Gasteiger partial charge on any atom is 0.0194 e. The third-order valence-corrected chi connectivity index (χ3v) is 3.29. The summed E-state index contributed by atoms with van der Waals surface area (Å²) in [6, 6.07) is 1.06. The van der Waals surface area contributed by atoms with Gasteiger partial charge in [-0.05, 0) is 59.8 Å². The van der Waals surface area contributed by atoms with Crippen LogP contribution in [0.3, 0.4) is 0 Å². The molecule has 1 aliphatic rings. The van der Waals surface area contributed by atoms with E-state index >= 15 is 0 Å². The van der Waals surface area contributed by atoms with E-state index in [1.54, 1.807) is 0 Å².